The number of hydrogen-bond acceptors (Lipinski definition) is 3. The van der Waals surface area contributed by atoms with Crippen LogP contribution in [-0.4, -0.2) is 15.9 Å². The van der Waals surface area contributed by atoms with Crippen LogP contribution in [0.4, 0.5) is 0 Å². The lowest BCUT2D eigenvalue weighted by Gasteiger charge is -2.01. The molecule has 0 saturated carbocycles. The van der Waals surface area contributed by atoms with E-state index in [0.29, 0.717) is 0 Å². The van der Waals surface area contributed by atoms with Gasteiger partial charge in [-0.2, -0.15) is 0 Å². The van der Waals surface area contributed by atoms with Crippen LogP contribution in [0, 0.1) is 6.92 Å². The van der Waals surface area contributed by atoms with Crippen LogP contribution < -0.4 is 5.73 Å². The highest BCUT2D eigenvalue weighted by Gasteiger charge is 2.05. The fraction of sp³-hybridized carbons (Fsp3) is 0.375. The van der Waals surface area contributed by atoms with Crippen LogP contribution in [0.2, 0.25) is 0 Å². The van der Waals surface area contributed by atoms with Crippen LogP contribution in [-0.2, 0) is 6.42 Å². The first-order valence-corrected chi connectivity index (χ1v) is 3.77. The first kappa shape index (κ1) is 8.64. The Morgan fingerprint density at radius 2 is 2.33 bits per heavy atom. The topological polar surface area (TPSA) is 68.9 Å². The molecule has 1 aromatic rings. The molecule has 1 amide bonds. The number of aryl methyl sites for hydroxylation is 2. The summed E-state index contributed by atoms with van der Waals surface area (Å²) >= 11 is 0. The van der Waals surface area contributed by atoms with E-state index in [1.54, 1.807) is 0 Å². The van der Waals surface area contributed by atoms with Gasteiger partial charge in [-0.25, -0.2) is 4.98 Å². The molecule has 0 unspecified atom stereocenters. The van der Waals surface area contributed by atoms with E-state index in [9.17, 15) is 4.79 Å². The molecule has 0 fully saturated rings. The van der Waals surface area contributed by atoms with E-state index in [0.717, 1.165) is 17.8 Å². The maximum Gasteiger partial charge on any atom is 0.268 e. The number of rotatable bonds is 2. The van der Waals surface area contributed by atoms with Crippen molar-refractivity contribution in [2.45, 2.75) is 20.3 Å². The minimum atomic E-state index is -0.530. The number of carbonyl (C=O) groups excluding carboxylic acids is 1. The number of hydrogen-bond donors (Lipinski definition) is 1. The van der Waals surface area contributed by atoms with Crippen LogP contribution in [0.5, 0.6) is 0 Å². The van der Waals surface area contributed by atoms with E-state index in [1.165, 1.54) is 6.20 Å². The van der Waals surface area contributed by atoms with Gasteiger partial charge in [-0.1, -0.05) is 6.92 Å². The zero-order valence-corrected chi connectivity index (χ0v) is 7.16. The predicted molar refractivity (Wildman–Crippen MR) is 44.7 cm³/mol. The third-order valence-corrected chi connectivity index (χ3v) is 1.64. The first-order valence-electron chi connectivity index (χ1n) is 3.77. The largest absolute Gasteiger partial charge is 0.364 e. The van der Waals surface area contributed by atoms with E-state index in [4.69, 9.17) is 5.73 Å². The second-order valence-corrected chi connectivity index (χ2v) is 2.51. The Morgan fingerprint density at radius 1 is 1.67 bits per heavy atom. The maximum absolute atomic E-state index is 10.7. The number of nitrogens with two attached hydrogens (primary N) is 1. The zero-order chi connectivity index (χ0) is 9.14. The molecule has 4 nitrogen and oxygen atoms in total. The van der Waals surface area contributed by atoms with Crippen LogP contribution >= 0.6 is 0 Å². The van der Waals surface area contributed by atoms with E-state index in [1.807, 2.05) is 13.8 Å². The van der Waals surface area contributed by atoms with Crippen molar-refractivity contribution in [1.82, 2.24) is 9.97 Å². The Balaban J connectivity index is 3.13. The third-order valence-electron chi connectivity index (χ3n) is 1.64. The SMILES string of the molecule is CCc1nc(C(N)=O)cnc1C. The minimum Gasteiger partial charge on any atom is -0.364 e. The Labute approximate surface area is 70.8 Å². The van der Waals surface area contributed by atoms with Gasteiger partial charge in [0.05, 0.1) is 17.6 Å². The number of primary amides is 1. The van der Waals surface area contributed by atoms with Gasteiger partial charge in [-0.05, 0) is 13.3 Å². The Kier molecular flexibility index (Phi) is 2.38. The van der Waals surface area contributed by atoms with Crippen LogP contribution in [0.15, 0.2) is 6.20 Å². The zero-order valence-electron chi connectivity index (χ0n) is 7.16. The van der Waals surface area contributed by atoms with E-state index < -0.39 is 5.91 Å². The van der Waals surface area contributed by atoms with E-state index >= 15 is 0 Å². The average Bonchev–Trinajstić information content (AvgIpc) is 2.05. The molecule has 0 radical (unpaired) electrons. The molecule has 0 bridgehead atoms. The van der Waals surface area contributed by atoms with E-state index in [2.05, 4.69) is 9.97 Å². The van der Waals surface area contributed by atoms with Crippen molar-refractivity contribution < 1.29 is 4.79 Å². The highest BCUT2D eigenvalue weighted by Crippen LogP contribution is 2.02. The maximum atomic E-state index is 10.7. The van der Waals surface area contributed by atoms with Gasteiger partial charge in [0.1, 0.15) is 5.69 Å². The fourth-order valence-corrected chi connectivity index (χ4v) is 0.941. The Hall–Kier alpha value is -1.45. The van der Waals surface area contributed by atoms with Crippen molar-refractivity contribution in [3.8, 4) is 0 Å². The van der Waals surface area contributed by atoms with Crippen molar-refractivity contribution in [1.29, 1.82) is 0 Å². The highest BCUT2D eigenvalue weighted by atomic mass is 16.1. The monoisotopic (exact) mass is 165 g/mol. The lowest BCUT2D eigenvalue weighted by Crippen LogP contribution is -2.15. The van der Waals surface area contributed by atoms with Gasteiger partial charge < -0.3 is 5.73 Å². The smallest absolute Gasteiger partial charge is 0.268 e. The van der Waals surface area contributed by atoms with E-state index in [-0.39, 0.29) is 5.69 Å². The quantitative estimate of drug-likeness (QED) is 0.691. The molecule has 0 aliphatic carbocycles. The van der Waals surface area contributed by atoms with Crippen LogP contribution in [0.3, 0.4) is 0 Å². The summed E-state index contributed by atoms with van der Waals surface area (Å²) in [5, 5.41) is 0. The van der Waals surface area contributed by atoms with Gasteiger partial charge in [-0.3, -0.25) is 9.78 Å². The van der Waals surface area contributed by atoms with Gasteiger partial charge in [0.15, 0.2) is 0 Å². The van der Waals surface area contributed by atoms with Crippen molar-refractivity contribution in [3.05, 3.63) is 23.3 Å². The minimum absolute atomic E-state index is 0.234. The summed E-state index contributed by atoms with van der Waals surface area (Å²) in [6, 6.07) is 0. The third kappa shape index (κ3) is 1.58. The molecule has 1 aromatic heterocycles. The van der Waals surface area contributed by atoms with Gasteiger partial charge in [-0.15, -0.1) is 0 Å². The number of nitrogens with zero attached hydrogens (tertiary/aromatic N) is 2. The number of carbonyl (C=O) groups is 1. The summed E-state index contributed by atoms with van der Waals surface area (Å²) in [4.78, 5) is 18.8. The molecule has 4 heteroatoms. The normalized spacial score (nSPS) is 9.83. The van der Waals surface area contributed by atoms with Crippen LogP contribution in [0.1, 0.15) is 28.8 Å². The lowest BCUT2D eigenvalue weighted by molar-refractivity contribution is 0.0995. The summed E-state index contributed by atoms with van der Waals surface area (Å²) in [6.07, 6.45) is 2.16. The van der Waals surface area contributed by atoms with Gasteiger partial charge in [0, 0.05) is 0 Å². The number of amides is 1. The van der Waals surface area contributed by atoms with Crippen molar-refractivity contribution in [3.63, 3.8) is 0 Å². The molecule has 0 atom stereocenters. The molecule has 0 spiro atoms. The van der Waals surface area contributed by atoms with Crippen molar-refractivity contribution >= 4 is 5.91 Å². The predicted octanol–water partition coefficient (Wildman–Crippen LogP) is 0.446. The lowest BCUT2D eigenvalue weighted by atomic mass is 10.2. The van der Waals surface area contributed by atoms with Crippen molar-refractivity contribution in [2.75, 3.05) is 0 Å². The molecule has 1 rings (SSSR count). The standard InChI is InChI=1S/C8H11N3O/c1-3-6-5(2)10-4-7(11-6)8(9)12/h4H,3H2,1-2H3,(H2,9,12). The molecular weight excluding hydrogens is 154 g/mol. The molecular formula is C8H11N3O. The Morgan fingerprint density at radius 3 is 2.83 bits per heavy atom. The average molecular weight is 165 g/mol. The number of aromatic nitrogens is 2. The second-order valence-electron chi connectivity index (χ2n) is 2.51. The summed E-state index contributed by atoms with van der Waals surface area (Å²) in [7, 11) is 0. The fourth-order valence-electron chi connectivity index (χ4n) is 0.941. The van der Waals surface area contributed by atoms with Gasteiger partial charge in [0.25, 0.3) is 5.91 Å². The van der Waals surface area contributed by atoms with Gasteiger partial charge in [0.2, 0.25) is 0 Å². The molecule has 0 aliphatic rings. The molecule has 12 heavy (non-hydrogen) atoms. The molecule has 2 N–H and O–H groups in total. The second kappa shape index (κ2) is 3.30. The van der Waals surface area contributed by atoms with Gasteiger partial charge >= 0.3 is 0 Å². The summed E-state index contributed by atoms with van der Waals surface area (Å²) < 4.78 is 0. The molecule has 1 heterocycles. The van der Waals surface area contributed by atoms with Crippen molar-refractivity contribution in [2.24, 2.45) is 5.73 Å². The first-order chi connectivity index (χ1) is 5.65. The molecule has 0 aliphatic heterocycles. The summed E-state index contributed by atoms with van der Waals surface area (Å²) in [5.74, 6) is -0.530. The Bertz CT molecular complexity index is 309. The highest BCUT2D eigenvalue weighted by molar-refractivity contribution is 5.90. The summed E-state index contributed by atoms with van der Waals surface area (Å²) in [5.41, 5.74) is 6.95. The van der Waals surface area contributed by atoms with Crippen LogP contribution in [0.25, 0.3) is 0 Å². The molecule has 64 valence electrons. The summed E-state index contributed by atoms with van der Waals surface area (Å²) in [6.45, 7) is 3.82. The molecule has 0 aromatic carbocycles. The molecule has 0 saturated heterocycles.